The summed E-state index contributed by atoms with van der Waals surface area (Å²) in [4.78, 5) is 1.79. The van der Waals surface area contributed by atoms with Gasteiger partial charge in [0.2, 0.25) is 0 Å². The van der Waals surface area contributed by atoms with Gasteiger partial charge < -0.3 is 10.2 Å². The molecule has 0 aliphatic rings. The number of anilines is 3. The number of benzene rings is 2. The second kappa shape index (κ2) is 5.04. The fourth-order valence-electron chi connectivity index (χ4n) is 1.69. The quantitative estimate of drug-likeness (QED) is 0.889. The predicted molar refractivity (Wildman–Crippen MR) is 70.4 cm³/mol. The van der Waals surface area contributed by atoms with Gasteiger partial charge in [-0.2, -0.15) is 0 Å². The van der Waals surface area contributed by atoms with Crippen LogP contribution in [0.15, 0.2) is 42.5 Å². The third-order valence-corrected chi connectivity index (χ3v) is 2.83. The average Bonchev–Trinajstić information content (AvgIpc) is 2.41. The molecule has 0 aliphatic heterocycles. The highest BCUT2D eigenvalue weighted by molar-refractivity contribution is 5.64. The van der Waals surface area contributed by atoms with E-state index in [1.54, 1.807) is 18.0 Å². The van der Waals surface area contributed by atoms with Gasteiger partial charge in [0, 0.05) is 37.2 Å². The molecule has 2 aromatic carbocycles. The van der Waals surface area contributed by atoms with Crippen LogP contribution in [0.1, 0.15) is 0 Å². The van der Waals surface area contributed by atoms with E-state index in [1.165, 1.54) is 6.07 Å². The molecule has 0 bridgehead atoms. The van der Waals surface area contributed by atoms with Crippen molar-refractivity contribution in [2.24, 2.45) is 0 Å². The number of nitrogens with one attached hydrogen (secondary N) is 1. The summed E-state index contributed by atoms with van der Waals surface area (Å²) >= 11 is 0. The van der Waals surface area contributed by atoms with Gasteiger partial charge in [0.25, 0.3) is 0 Å². The minimum atomic E-state index is -0.841. The lowest BCUT2D eigenvalue weighted by Crippen LogP contribution is -2.09. The summed E-state index contributed by atoms with van der Waals surface area (Å²) in [5.41, 5.74) is 2.50. The third kappa shape index (κ3) is 2.42. The lowest BCUT2D eigenvalue weighted by atomic mass is 10.2. The summed E-state index contributed by atoms with van der Waals surface area (Å²) in [6.07, 6.45) is 0. The van der Waals surface area contributed by atoms with Crippen molar-refractivity contribution in [3.63, 3.8) is 0 Å². The fraction of sp³-hybridized carbons (Fsp3) is 0.143. The van der Waals surface area contributed by atoms with Crippen LogP contribution in [0, 0.1) is 11.6 Å². The first kappa shape index (κ1) is 12.4. The molecule has 0 heterocycles. The maximum absolute atomic E-state index is 13.2. The summed E-state index contributed by atoms with van der Waals surface area (Å²) in [7, 11) is 3.65. The lowest BCUT2D eigenvalue weighted by molar-refractivity contribution is 0.509. The Hall–Kier alpha value is -2.10. The molecular weight excluding hydrogens is 234 g/mol. The lowest BCUT2D eigenvalue weighted by Gasteiger charge is -2.20. The zero-order valence-corrected chi connectivity index (χ0v) is 10.2. The van der Waals surface area contributed by atoms with Gasteiger partial charge in [-0.25, -0.2) is 8.78 Å². The highest BCUT2D eigenvalue weighted by Crippen LogP contribution is 2.25. The van der Waals surface area contributed by atoms with Crippen LogP contribution >= 0.6 is 0 Å². The van der Waals surface area contributed by atoms with Gasteiger partial charge in [0.15, 0.2) is 11.6 Å². The van der Waals surface area contributed by atoms with Gasteiger partial charge in [-0.05, 0) is 36.4 Å². The van der Waals surface area contributed by atoms with Crippen molar-refractivity contribution in [2.45, 2.75) is 0 Å². The molecule has 4 heteroatoms. The van der Waals surface area contributed by atoms with E-state index in [0.717, 1.165) is 17.4 Å². The Bertz CT molecular complexity index is 538. The van der Waals surface area contributed by atoms with Gasteiger partial charge in [-0.3, -0.25) is 0 Å². The van der Waals surface area contributed by atoms with Crippen molar-refractivity contribution in [1.29, 1.82) is 0 Å². The standard InChI is InChI=1S/C14H14F2N2/c1-17-10-3-5-11(6-4-10)18(2)12-7-8-13(15)14(16)9-12/h3-9,17H,1-2H3. The number of nitrogens with zero attached hydrogens (tertiary/aromatic N) is 1. The summed E-state index contributed by atoms with van der Waals surface area (Å²) < 4.78 is 26.0. The predicted octanol–water partition coefficient (Wildman–Crippen LogP) is 3.77. The molecule has 2 aromatic rings. The van der Waals surface area contributed by atoms with E-state index in [9.17, 15) is 8.78 Å². The van der Waals surface area contributed by atoms with E-state index in [-0.39, 0.29) is 0 Å². The summed E-state index contributed by atoms with van der Waals surface area (Å²) in [6.45, 7) is 0. The first-order chi connectivity index (χ1) is 8.61. The third-order valence-electron chi connectivity index (χ3n) is 2.83. The van der Waals surface area contributed by atoms with Gasteiger partial charge in [-0.1, -0.05) is 0 Å². The molecule has 1 N–H and O–H groups in total. The Labute approximate surface area is 105 Å². The summed E-state index contributed by atoms with van der Waals surface area (Å²) in [6, 6.07) is 11.5. The topological polar surface area (TPSA) is 15.3 Å². The average molecular weight is 248 g/mol. The van der Waals surface area contributed by atoms with Crippen molar-refractivity contribution < 1.29 is 8.78 Å². The first-order valence-electron chi connectivity index (χ1n) is 5.58. The largest absolute Gasteiger partial charge is 0.388 e. The van der Waals surface area contributed by atoms with Crippen LogP contribution in [0.25, 0.3) is 0 Å². The Morgan fingerprint density at radius 1 is 0.889 bits per heavy atom. The maximum atomic E-state index is 13.2. The molecule has 0 saturated carbocycles. The highest BCUT2D eigenvalue weighted by atomic mass is 19.2. The molecular formula is C14H14F2N2. The summed E-state index contributed by atoms with van der Waals surface area (Å²) in [5, 5.41) is 3.02. The van der Waals surface area contributed by atoms with Crippen LogP contribution in [0.5, 0.6) is 0 Å². The van der Waals surface area contributed by atoms with Gasteiger partial charge >= 0.3 is 0 Å². The smallest absolute Gasteiger partial charge is 0.160 e. The number of hydrogen-bond acceptors (Lipinski definition) is 2. The monoisotopic (exact) mass is 248 g/mol. The van der Waals surface area contributed by atoms with E-state index in [0.29, 0.717) is 5.69 Å². The second-order valence-corrected chi connectivity index (χ2v) is 3.95. The van der Waals surface area contributed by atoms with Crippen molar-refractivity contribution in [3.8, 4) is 0 Å². The van der Waals surface area contributed by atoms with Crippen LogP contribution in [0.3, 0.4) is 0 Å². The van der Waals surface area contributed by atoms with Crippen molar-refractivity contribution in [2.75, 3.05) is 24.3 Å². The van der Waals surface area contributed by atoms with Crippen LogP contribution in [-0.4, -0.2) is 14.1 Å². The molecule has 0 fully saturated rings. The molecule has 0 aliphatic carbocycles. The number of halogens is 2. The molecule has 0 saturated heterocycles. The summed E-state index contributed by atoms with van der Waals surface area (Å²) in [5.74, 6) is -1.68. The van der Waals surface area contributed by atoms with E-state index in [2.05, 4.69) is 5.32 Å². The highest BCUT2D eigenvalue weighted by Gasteiger charge is 2.07. The van der Waals surface area contributed by atoms with Crippen LogP contribution in [0.2, 0.25) is 0 Å². The molecule has 0 atom stereocenters. The van der Waals surface area contributed by atoms with Crippen LogP contribution in [-0.2, 0) is 0 Å². The second-order valence-electron chi connectivity index (χ2n) is 3.95. The van der Waals surface area contributed by atoms with Crippen LogP contribution < -0.4 is 10.2 Å². The minimum absolute atomic E-state index is 0.603. The molecule has 0 aromatic heterocycles. The molecule has 0 radical (unpaired) electrons. The molecule has 0 unspecified atom stereocenters. The Kier molecular flexibility index (Phi) is 3.46. The number of rotatable bonds is 3. The zero-order chi connectivity index (χ0) is 13.1. The fourth-order valence-corrected chi connectivity index (χ4v) is 1.69. The number of hydrogen-bond donors (Lipinski definition) is 1. The van der Waals surface area contributed by atoms with E-state index in [1.807, 2.05) is 31.3 Å². The Morgan fingerprint density at radius 3 is 2.06 bits per heavy atom. The Balaban J connectivity index is 2.28. The minimum Gasteiger partial charge on any atom is -0.388 e. The zero-order valence-electron chi connectivity index (χ0n) is 10.2. The van der Waals surface area contributed by atoms with Crippen LogP contribution in [0.4, 0.5) is 25.8 Å². The molecule has 2 rings (SSSR count). The Morgan fingerprint density at radius 2 is 1.50 bits per heavy atom. The molecule has 0 spiro atoms. The SMILES string of the molecule is CNc1ccc(N(C)c2ccc(F)c(F)c2)cc1. The van der Waals surface area contributed by atoms with Gasteiger partial charge in [0.1, 0.15) is 0 Å². The molecule has 94 valence electrons. The van der Waals surface area contributed by atoms with Crippen molar-refractivity contribution in [1.82, 2.24) is 0 Å². The normalized spacial score (nSPS) is 10.2. The molecule has 0 amide bonds. The van der Waals surface area contributed by atoms with E-state index in [4.69, 9.17) is 0 Å². The van der Waals surface area contributed by atoms with Gasteiger partial charge in [0.05, 0.1) is 0 Å². The first-order valence-corrected chi connectivity index (χ1v) is 5.58. The van der Waals surface area contributed by atoms with Gasteiger partial charge in [-0.15, -0.1) is 0 Å². The molecule has 18 heavy (non-hydrogen) atoms. The van der Waals surface area contributed by atoms with E-state index < -0.39 is 11.6 Å². The van der Waals surface area contributed by atoms with Crippen molar-refractivity contribution >= 4 is 17.1 Å². The molecule has 2 nitrogen and oxygen atoms in total. The van der Waals surface area contributed by atoms with E-state index >= 15 is 0 Å². The maximum Gasteiger partial charge on any atom is 0.160 e. The van der Waals surface area contributed by atoms with Crippen molar-refractivity contribution in [3.05, 3.63) is 54.1 Å².